The fraction of sp³-hybridized carbons (Fsp3) is 0. The third-order valence-corrected chi connectivity index (χ3v) is 5.84. The van der Waals surface area contributed by atoms with Gasteiger partial charge >= 0.3 is 0 Å². The molecule has 0 saturated carbocycles. The second-order valence-electron chi connectivity index (χ2n) is 7.41. The molecule has 0 aliphatic heterocycles. The van der Waals surface area contributed by atoms with Crippen molar-refractivity contribution in [2.24, 2.45) is 0 Å². The first-order valence-corrected chi connectivity index (χ1v) is 9.67. The van der Waals surface area contributed by atoms with Crippen LogP contribution in [0.5, 0.6) is 0 Å². The third-order valence-electron chi connectivity index (χ3n) is 5.84. The van der Waals surface area contributed by atoms with E-state index in [9.17, 15) is 0 Å². The van der Waals surface area contributed by atoms with E-state index in [2.05, 4.69) is 75.0 Å². The van der Waals surface area contributed by atoms with E-state index < -0.39 is 0 Å². The van der Waals surface area contributed by atoms with E-state index >= 15 is 0 Å². The van der Waals surface area contributed by atoms with Gasteiger partial charge in [-0.2, -0.15) is 0 Å². The monoisotopic (exact) mass is 371 g/mol. The Bertz CT molecular complexity index is 1710. The number of nitrogens with one attached hydrogen (secondary N) is 2. The molecule has 3 aromatic heterocycles. The van der Waals surface area contributed by atoms with Crippen molar-refractivity contribution in [3.05, 3.63) is 84.9 Å². The molecule has 4 nitrogen and oxygen atoms in total. The highest BCUT2D eigenvalue weighted by atomic mass is 15.1. The van der Waals surface area contributed by atoms with Crippen molar-refractivity contribution in [2.45, 2.75) is 0 Å². The standard InChI is InChI=1S/C25H15N4/c1-2-11-19-15(7-1)16-8-5-9-17(23(16)26-19)18-10-6-14-22-24(18)28-25-27-20-12-3-4-13-21(20)29(22)25/h1-5,7-14,26H,(H,27,28). The van der Waals surface area contributed by atoms with E-state index in [0.29, 0.717) is 0 Å². The van der Waals surface area contributed by atoms with Crippen LogP contribution in [0.15, 0.2) is 78.9 Å². The molecule has 3 heterocycles. The number of H-pyrrole nitrogens is 2. The molecule has 0 unspecified atom stereocenters. The normalized spacial score (nSPS) is 12.1. The first kappa shape index (κ1) is 14.9. The molecule has 0 bridgehead atoms. The minimum absolute atomic E-state index is 0.853. The van der Waals surface area contributed by atoms with Crippen molar-refractivity contribution < 1.29 is 0 Å². The number of imidazole rings is 2. The maximum absolute atomic E-state index is 4.77. The Labute approximate surface area is 165 Å². The molecule has 1 radical (unpaired) electrons. The van der Waals surface area contributed by atoms with Crippen LogP contribution in [0.25, 0.3) is 60.8 Å². The van der Waals surface area contributed by atoms with Gasteiger partial charge in [-0.25, -0.2) is 4.98 Å². The van der Waals surface area contributed by atoms with E-state index in [0.717, 1.165) is 50.0 Å². The van der Waals surface area contributed by atoms with Crippen LogP contribution in [0.4, 0.5) is 0 Å². The number of nitrogens with zero attached hydrogens (tertiary/aromatic N) is 2. The fourth-order valence-corrected chi connectivity index (χ4v) is 4.57. The van der Waals surface area contributed by atoms with E-state index in [1.807, 2.05) is 24.3 Å². The van der Waals surface area contributed by atoms with Crippen LogP contribution in [0.1, 0.15) is 0 Å². The van der Waals surface area contributed by atoms with Gasteiger partial charge in [0.2, 0.25) is 5.78 Å². The number of hydrogen-bond acceptors (Lipinski definition) is 1. The molecule has 0 aliphatic rings. The van der Waals surface area contributed by atoms with Gasteiger partial charge in [0.25, 0.3) is 0 Å². The van der Waals surface area contributed by atoms with Crippen LogP contribution in [0.2, 0.25) is 0 Å². The molecular formula is C25H15N4. The van der Waals surface area contributed by atoms with E-state index in [1.165, 1.54) is 10.8 Å². The van der Waals surface area contributed by atoms with Crippen molar-refractivity contribution in [1.82, 2.24) is 19.4 Å². The number of benzene rings is 4. The Hall–Kier alpha value is -4.05. The van der Waals surface area contributed by atoms with Gasteiger partial charge in [0.1, 0.15) is 0 Å². The number of fused-ring (bicyclic) bond motifs is 8. The van der Waals surface area contributed by atoms with Gasteiger partial charge in [0, 0.05) is 27.4 Å². The molecule has 4 aromatic carbocycles. The maximum atomic E-state index is 4.77. The maximum Gasteiger partial charge on any atom is 0.213 e. The lowest BCUT2D eigenvalue weighted by Gasteiger charge is -2.05. The summed E-state index contributed by atoms with van der Waals surface area (Å²) < 4.78 is 2.18. The van der Waals surface area contributed by atoms with Crippen LogP contribution in [0.3, 0.4) is 0 Å². The lowest BCUT2D eigenvalue weighted by Crippen LogP contribution is -1.85. The zero-order valence-corrected chi connectivity index (χ0v) is 15.4. The summed E-state index contributed by atoms with van der Waals surface area (Å²) in [6, 6.07) is 30.6. The average molecular weight is 371 g/mol. The van der Waals surface area contributed by atoms with Crippen molar-refractivity contribution in [3.8, 4) is 11.1 Å². The number of para-hydroxylation sites is 4. The van der Waals surface area contributed by atoms with Gasteiger partial charge in [-0.15, -0.1) is 0 Å². The highest BCUT2D eigenvalue weighted by Gasteiger charge is 2.16. The molecule has 0 saturated heterocycles. The van der Waals surface area contributed by atoms with E-state index in [1.54, 1.807) is 0 Å². The molecule has 29 heavy (non-hydrogen) atoms. The van der Waals surface area contributed by atoms with Crippen molar-refractivity contribution in [1.29, 1.82) is 0 Å². The molecule has 2 N–H and O–H groups in total. The molecule has 0 spiro atoms. The third kappa shape index (κ3) is 1.90. The van der Waals surface area contributed by atoms with E-state index in [4.69, 9.17) is 4.98 Å². The lowest BCUT2D eigenvalue weighted by molar-refractivity contribution is 1.28. The first-order chi connectivity index (χ1) is 14.4. The molecule has 0 fully saturated rings. The number of hydrogen-bond donors (Lipinski definition) is 2. The topological polar surface area (TPSA) is 48.9 Å². The highest BCUT2D eigenvalue weighted by Crippen LogP contribution is 2.36. The number of aromatic nitrogens is 4. The SMILES string of the molecule is [c]1cc(-c2cccc3c2[nH]c2ccccc23)c2[nH]c3nc4ccccc4n3c2c1. The summed E-state index contributed by atoms with van der Waals surface area (Å²) in [6.45, 7) is 0. The van der Waals surface area contributed by atoms with Crippen LogP contribution in [-0.2, 0) is 0 Å². The van der Waals surface area contributed by atoms with E-state index in [-0.39, 0.29) is 0 Å². The Morgan fingerprint density at radius 1 is 0.690 bits per heavy atom. The summed E-state index contributed by atoms with van der Waals surface area (Å²) in [5.74, 6) is 0.853. The predicted octanol–water partition coefficient (Wildman–Crippen LogP) is 6.07. The summed E-state index contributed by atoms with van der Waals surface area (Å²) in [4.78, 5) is 11.9. The second-order valence-corrected chi connectivity index (χ2v) is 7.41. The van der Waals surface area contributed by atoms with Crippen LogP contribution < -0.4 is 0 Å². The van der Waals surface area contributed by atoms with Crippen LogP contribution in [0, 0.1) is 6.07 Å². The Morgan fingerprint density at radius 2 is 1.55 bits per heavy atom. The van der Waals surface area contributed by atoms with Gasteiger partial charge < -0.3 is 9.97 Å². The summed E-state index contributed by atoms with van der Waals surface area (Å²) in [5, 5.41) is 2.48. The molecule has 7 aromatic rings. The summed E-state index contributed by atoms with van der Waals surface area (Å²) in [5.41, 5.74) is 8.82. The number of rotatable bonds is 1. The summed E-state index contributed by atoms with van der Waals surface area (Å²) >= 11 is 0. The van der Waals surface area contributed by atoms with Gasteiger partial charge in [-0.05, 0) is 36.4 Å². The smallest absolute Gasteiger partial charge is 0.213 e. The fourth-order valence-electron chi connectivity index (χ4n) is 4.57. The zero-order chi connectivity index (χ0) is 18.9. The second kappa shape index (κ2) is 5.26. The van der Waals surface area contributed by atoms with Crippen molar-refractivity contribution in [3.63, 3.8) is 0 Å². The minimum atomic E-state index is 0.853. The number of aromatic amines is 2. The van der Waals surface area contributed by atoms with Gasteiger partial charge in [-0.3, -0.25) is 4.40 Å². The van der Waals surface area contributed by atoms with Crippen LogP contribution in [-0.4, -0.2) is 19.4 Å². The Balaban J connectivity index is 1.61. The molecule has 4 heteroatoms. The van der Waals surface area contributed by atoms with Gasteiger partial charge in [-0.1, -0.05) is 48.5 Å². The minimum Gasteiger partial charge on any atom is -0.354 e. The molecular weight excluding hydrogens is 356 g/mol. The molecule has 0 atom stereocenters. The predicted molar refractivity (Wildman–Crippen MR) is 118 cm³/mol. The van der Waals surface area contributed by atoms with Gasteiger partial charge in [0.05, 0.1) is 27.6 Å². The molecule has 0 amide bonds. The largest absolute Gasteiger partial charge is 0.354 e. The van der Waals surface area contributed by atoms with Crippen molar-refractivity contribution >= 4 is 49.7 Å². The summed E-state index contributed by atoms with van der Waals surface area (Å²) in [7, 11) is 0. The van der Waals surface area contributed by atoms with Gasteiger partial charge in [0.15, 0.2) is 0 Å². The highest BCUT2D eigenvalue weighted by molar-refractivity contribution is 6.13. The Kier molecular flexibility index (Phi) is 2.71. The Morgan fingerprint density at radius 3 is 2.55 bits per heavy atom. The summed E-state index contributed by atoms with van der Waals surface area (Å²) in [6.07, 6.45) is 0. The van der Waals surface area contributed by atoms with Crippen LogP contribution >= 0.6 is 0 Å². The average Bonchev–Trinajstić information content (AvgIpc) is 3.42. The van der Waals surface area contributed by atoms with Crippen molar-refractivity contribution in [2.75, 3.05) is 0 Å². The lowest BCUT2D eigenvalue weighted by atomic mass is 10.0. The molecule has 0 aliphatic carbocycles. The molecule has 135 valence electrons. The zero-order valence-electron chi connectivity index (χ0n) is 15.4. The quantitative estimate of drug-likeness (QED) is 0.361. The molecule has 7 rings (SSSR count). The first-order valence-electron chi connectivity index (χ1n) is 9.67.